The van der Waals surface area contributed by atoms with Gasteiger partial charge in [0.15, 0.2) is 0 Å². The van der Waals surface area contributed by atoms with Crippen molar-refractivity contribution in [3.8, 4) is 0 Å². The van der Waals surface area contributed by atoms with Gasteiger partial charge in [-0.25, -0.2) is 8.42 Å². The van der Waals surface area contributed by atoms with Crippen molar-refractivity contribution in [2.24, 2.45) is 5.92 Å². The Morgan fingerprint density at radius 3 is 2.62 bits per heavy atom. The zero-order chi connectivity index (χ0) is 15.8. The Bertz CT molecular complexity index is 633. The predicted octanol–water partition coefficient (Wildman–Crippen LogP) is 4.31. The second kappa shape index (κ2) is 6.57. The van der Waals surface area contributed by atoms with E-state index < -0.39 is 10.0 Å². The molecule has 0 N–H and O–H groups in total. The number of halogens is 2. The van der Waals surface area contributed by atoms with E-state index in [2.05, 4.69) is 22.9 Å². The SMILES string of the molecule is Cc1cc(CCl)cc(S(=O)(=O)N2CCC(C)CC2C)c1Br. The maximum Gasteiger partial charge on any atom is 0.244 e. The molecule has 0 spiro atoms. The van der Waals surface area contributed by atoms with Crippen LogP contribution in [0.1, 0.15) is 37.8 Å². The standard InChI is InChI=1S/C15H21BrClNO2S/c1-10-4-5-18(12(3)6-10)21(19,20)14-8-13(9-17)7-11(2)15(14)16/h7-8,10,12H,4-6,9H2,1-3H3. The number of rotatable bonds is 3. The summed E-state index contributed by atoms with van der Waals surface area (Å²) in [4.78, 5) is 0.333. The molecule has 1 aromatic carbocycles. The molecule has 3 nitrogen and oxygen atoms in total. The van der Waals surface area contributed by atoms with Gasteiger partial charge in [-0.15, -0.1) is 11.6 Å². The van der Waals surface area contributed by atoms with Gasteiger partial charge >= 0.3 is 0 Å². The van der Waals surface area contributed by atoms with Gasteiger partial charge in [0, 0.05) is 22.9 Å². The number of nitrogens with zero attached hydrogens (tertiary/aromatic N) is 1. The second-order valence-corrected chi connectivity index (χ2v) is 8.87. The molecule has 1 aliphatic rings. The fourth-order valence-corrected chi connectivity index (χ4v) is 5.79. The van der Waals surface area contributed by atoms with Gasteiger partial charge in [-0.3, -0.25) is 0 Å². The third-order valence-electron chi connectivity index (χ3n) is 4.10. The van der Waals surface area contributed by atoms with Gasteiger partial charge in [0.2, 0.25) is 10.0 Å². The molecule has 1 fully saturated rings. The highest BCUT2D eigenvalue weighted by molar-refractivity contribution is 9.10. The predicted molar refractivity (Wildman–Crippen MR) is 90.2 cm³/mol. The van der Waals surface area contributed by atoms with Gasteiger partial charge in [-0.2, -0.15) is 4.31 Å². The highest BCUT2D eigenvalue weighted by Gasteiger charge is 2.34. The first-order chi connectivity index (χ1) is 9.77. The summed E-state index contributed by atoms with van der Waals surface area (Å²) in [6, 6.07) is 3.63. The minimum atomic E-state index is -3.49. The van der Waals surface area contributed by atoms with Crippen molar-refractivity contribution in [2.75, 3.05) is 6.54 Å². The van der Waals surface area contributed by atoms with Gasteiger partial charge in [0.1, 0.15) is 0 Å². The average molecular weight is 395 g/mol. The lowest BCUT2D eigenvalue weighted by Crippen LogP contribution is -2.44. The molecular weight excluding hydrogens is 374 g/mol. The van der Waals surface area contributed by atoms with Crippen LogP contribution in [0.5, 0.6) is 0 Å². The second-order valence-electron chi connectivity index (χ2n) is 5.95. The third kappa shape index (κ3) is 3.46. The van der Waals surface area contributed by atoms with Crippen molar-refractivity contribution in [2.45, 2.75) is 50.4 Å². The highest BCUT2D eigenvalue weighted by atomic mass is 79.9. The topological polar surface area (TPSA) is 37.4 Å². The number of piperidine rings is 1. The van der Waals surface area contributed by atoms with Crippen LogP contribution in [0.4, 0.5) is 0 Å². The van der Waals surface area contributed by atoms with E-state index in [0.29, 0.717) is 27.7 Å². The van der Waals surface area contributed by atoms with Gasteiger partial charge in [-0.1, -0.05) is 13.0 Å². The molecule has 0 radical (unpaired) electrons. The quantitative estimate of drug-likeness (QED) is 0.717. The van der Waals surface area contributed by atoms with Gasteiger partial charge in [0.05, 0.1) is 4.90 Å². The molecule has 2 atom stereocenters. The minimum absolute atomic E-state index is 0.0330. The van der Waals surface area contributed by atoms with E-state index in [0.717, 1.165) is 24.0 Å². The molecule has 1 saturated heterocycles. The molecule has 0 amide bonds. The first-order valence-corrected chi connectivity index (χ1v) is 9.91. The molecule has 21 heavy (non-hydrogen) atoms. The molecule has 1 heterocycles. The van der Waals surface area contributed by atoms with Crippen LogP contribution in [0.15, 0.2) is 21.5 Å². The number of sulfonamides is 1. The minimum Gasteiger partial charge on any atom is -0.207 e. The lowest BCUT2D eigenvalue weighted by molar-refractivity contribution is 0.220. The van der Waals surface area contributed by atoms with E-state index in [1.54, 1.807) is 10.4 Å². The van der Waals surface area contributed by atoms with Crippen LogP contribution >= 0.6 is 27.5 Å². The van der Waals surface area contributed by atoms with Crippen LogP contribution in [-0.2, 0) is 15.9 Å². The molecule has 1 aliphatic heterocycles. The number of hydrogen-bond donors (Lipinski definition) is 0. The van der Waals surface area contributed by atoms with Crippen LogP contribution in [0.2, 0.25) is 0 Å². The normalized spacial score (nSPS) is 24.2. The van der Waals surface area contributed by atoms with Crippen molar-refractivity contribution in [3.05, 3.63) is 27.7 Å². The van der Waals surface area contributed by atoms with E-state index in [-0.39, 0.29) is 6.04 Å². The smallest absolute Gasteiger partial charge is 0.207 e. The molecule has 118 valence electrons. The Labute approximate surface area is 140 Å². The Balaban J connectivity index is 2.47. The van der Waals surface area contributed by atoms with E-state index >= 15 is 0 Å². The molecule has 0 saturated carbocycles. The summed E-state index contributed by atoms with van der Waals surface area (Å²) in [5.41, 5.74) is 1.72. The molecular formula is C15H21BrClNO2S. The van der Waals surface area contributed by atoms with Crippen LogP contribution in [0.3, 0.4) is 0 Å². The summed E-state index contributed by atoms with van der Waals surface area (Å²) in [5.74, 6) is 0.884. The zero-order valence-corrected chi connectivity index (χ0v) is 15.7. The maximum absolute atomic E-state index is 13.0. The van der Waals surface area contributed by atoms with Crippen LogP contribution in [0, 0.1) is 12.8 Å². The fourth-order valence-electron chi connectivity index (χ4n) is 2.94. The summed E-state index contributed by atoms with van der Waals surface area (Å²) in [5, 5.41) is 0. The molecule has 0 aromatic heterocycles. The van der Waals surface area contributed by atoms with Crippen molar-refractivity contribution in [1.29, 1.82) is 0 Å². The summed E-state index contributed by atoms with van der Waals surface area (Å²) >= 11 is 9.31. The van der Waals surface area contributed by atoms with Crippen LogP contribution in [0.25, 0.3) is 0 Å². The van der Waals surface area contributed by atoms with Crippen molar-refractivity contribution >= 4 is 37.6 Å². The molecule has 6 heteroatoms. The van der Waals surface area contributed by atoms with Crippen molar-refractivity contribution < 1.29 is 8.42 Å². The molecule has 1 aromatic rings. The molecule has 2 rings (SSSR count). The lowest BCUT2D eigenvalue weighted by Gasteiger charge is -2.35. The number of hydrogen-bond acceptors (Lipinski definition) is 2. The van der Waals surface area contributed by atoms with Crippen molar-refractivity contribution in [3.63, 3.8) is 0 Å². The molecule has 0 aliphatic carbocycles. The van der Waals surface area contributed by atoms with Gasteiger partial charge in [-0.05, 0) is 65.7 Å². The summed E-state index contributed by atoms with van der Waals surface area (Å²) in [7, 11) is -3.49. The Hall–Kier alpha value is -0.100. The van der Waals surface area contributed by atoms with Crippen molar-refractivity contribution in [1.82, 2.24) is 4.31 Å². The zero-order valence-electron chi connectivity index (χ0n) is 12.6. The highest BCUT2D eigenvalue weighted by Crippen LogP contribution is 2.34. The summed E-state index contributed by atoms with van der Waals surface area (Å²) in [6.07, 6.45) is 1.82. The van der Waals surface area contributed by atoms with E-state index in [9.17, 15) is 8.42 Å². The van der Waals surface area contributed by atoms with Gasteiger partial charge in [0.25, 0.3) is 0 Å². The number of alkyl halides is 1. The van der Waals surface area contributed by atoms with E-state index in [1.807, 2.05) is 19.9 Å². The van der Waals surface area contributed by atoms with E-state index in [4.69, 9.17) is 11.6 Å². The first-order valence-electron chi connectivity index (χ1n) is 7.14. The average Bonchev–Trinajstić information content (AvgIpc) is 2.40. The number of benzene rings is 1. The first kappa shape index (κ1) is 17.3. The Morgan fingerprint density at radius 2 is 2.05 bits per heavy atom. The molecule has 2 unspecified atom stereocenters. The van der Waals surface area contributed by atoms with Crippen LogP contribution in [-0.4, -0.2) is 25.3 Å². The Morgan fingerprint density at radius 1 is 1.38 bits per heavy atom. The van der Waals surface area contributed by atoms with Gasteiger partial charge < -0.3 is 0 Å². The molecule has 0 bridgehead atoms. The lowest BCUT2D eigenvalue weighted by atomic mass is 9.95. The monoisotopic (exact) mass is 393 g/mol. The fraction of sp³-hybridized carbons (Fsp3) is 0.600. The third-order valence-corrected chi connectivity index (χ3v) is 7.76. The number of aryl methyl sites for hydroxylation is 1. The largest absolute Gasteiger partial charge is 0.244 e. The van der Waals surface area contributed by atoms with Crippen LogP contribution < -0.4 is 0 Å². The summed E-state index contributed by atoms with van der Waals surface area (Å²) in [6.45, 7) is 6.64. The Kier molecular flexibility index (Phi) is 5.40. The van der Waals surface area contributed by atoms with E-state index in [1.165, 1.54) is 0 Å². The summed E-state index contributed by atoms with van der Waals surface area (Å²) < 4.78 is 28.3. The maximum atomic E-state index is 13.0.